The van der Waals surface area contributed by atoms with Crippen molar-refractivity contribution in [2.45, 2.75) is 13.3 Å². The Labute approximate surface area is 100 Å². The lowest BCUT2D eigenvalue weighted by molar-refractivity contribution is 0.627. The normalized spacial score (nSPS) is 14.6. The number of aryl methyl sites for hydroxylation is 1. The largest absolute Gasteiger partial charge is 0.368 e. The van der Waals surface area contributed by atoms with Gasteiger partial charge in [-0.05, 0) is 24.6 Å². The number of nitrogens with two attached hydrogens (primary N) is 1. The van der Waals surface area contributed by atoms with Crippen LogP contribution in [0.4, 0.5) is 5.95 Å². The van der Waals surface area contributed by atoms with Crippen LogP contribution in [0.25, 0.3) is 5.57 Å². The smallest absolute Gasteiger partial charge is 0.220 e. The molecule has 1 aromatic rings. The van der Waals surface area contributed by atoms with Crippen LogP contribution in [-0.2, 0) is 10.3 Å². The minimum Gasteiger partial charge on any atom is -0.368 e. The summed E-state index contributed by atoms with van der Waals surface area (Å²) in [6, 6.07) is 1.81. The zero-order valence-corrected chi connectivity index (χ0v) is 10.0. The molecule has 0 saturated heterocycles. The van der Waals surface area contributed by atoms with Gasteiger partial charge in [-0.1, -0.05) is 12.2 Å². The number of nitrogen functional groups attached to an aromatic ring is 1. The van der Waals surface area contributed by atoms with Crippen LogP contribution < -0.4 is 5.73 Å². The standard InChI is InChI=1S/C11H11N3O2S/c1-7-6-10(14-11(12)13-7)8-2-4-9(5-3-8)17(15)16/h2-4,6H,5H2,1H3,(H2,12,13,14). The van der Waals surface area contributed by atoms with Gasteiger partial charge in [0.15, 0.2) is 0 Å². The third-order valence-electron chi connectivity index (χ3n) is 2.35. The Morgan fingerprint density at radius 1 is 1.29 bits per heavy atom. The van der Waals surface area contributed by atoms with Crippen LogP contribution in [0.1, 0.15) is 17.8 Å². The van der Waals surface area contributed by atoms with E-state index in [0.29, 0.717) is 17.0 Å². The van der Waals surface area contributed by atoms with Gasteiger partial charge in [-0.2, -0.15) is 8.42 Å². The zero-order chi connectivity index (χ0) is 12.4. The second-order valence-corrected chi connectivity index (χ2v) is 4.64. The van der Waals surface area contributed by atoms with Crippen LogP contribution in [0.15, 0.2) is 24.3 Å². The second kappa shape index (κ2) is 4.50. The van der Waals surface area contributed by atoms with E-state index in [1.54, 1.807) is 12.2 Å². The molecule has 2 rings (SSSR count). The summed E-state index contributed by atoms with van der Waals surface area (Å²) < 4.78 is 21.5. The van der Waals surface area contributed by atoms with Crippen molar-refractivity contribution in [3.8, 4) is 0 Å². The van der Waals surface area contributed by atoms with Gasteiger partial charge in [0.05, 0.1) is 10.6 Å². The maximum atomic E-state index is 10.7. The zero-order valence-electron chi connectivity index (χ0n) is 9.21. The number of anilines is 1. The van der Waals surface area contributed by atoms with Crippen LogP contribution >= 0.6 is 0 Å². The van der Waals surface area contributed by atoms with Crippen LogP contribution in [-0.4, -0.2) is 23.3 Å². The monoisotopic (exact) mass is 249 g/mol. The molecule has 2 N–H and O–H groups in total. The van der Waals surface area contributed by atoms with Crippen LogP contribution in [0.5, 0.6) is 0 Å². The molecule has 17 heavy (non-hydrogen) atoms. The molecular weight excluding hydrogens is 238 g/mol. The highest BCUT2D eigenvalue weighted by molar-refractivity contribution is 7.73. The molecule has 1 aliphatic rings. The summed E-state index contributed by atoms with van der Waals surface area (Å²) in [5, 5.41) is 0. The molecule has 0 fully saturated rings. The van der Waals surface area contributed by atoms with Gasteiger partial charge >= 0.3 is 0 Å². The Morgan fingerprint density at radius 2 is 2.06 bits per heavy atom. The minimum absolute atomic E-state index is 0.219. The van der Waals surface area contributed by atoms with Crippen molar-refractivity contribution in [1.29, 1.82) is 0 Å². The van der Waals surface area contributed by atoms with E-state index >= 15 is 0 Å². The topological polar surface area (TPSA) is 85.9 Å². The highest BCUT2D eigenvalue weighted by Gasteiger charge is 2.08. The molecule has 1 heterocycles. The highest BCUT2D eigenvalue weighted by Crippen LogP contribution is 2.19. The summed E-state index contributed by atoms with van der Waals surface area (Å²) in [7, 11) is -2.15. The van der Waals surface area contributed by atoms with Crippen LogP contribution in [0.3, 0.4) is 0 Å². The molecule has 0 aliphatic heterocycles. The van der Waals surface area contributed by atoms with E-state index in [9.17, 15) is 8.42 Å². The van der Waals surface area contributed by atoms with E-state index in [0.717, 1.165) is 11.3 Å². The lowest BCUT2D eigenvalue weighted by Gasteiger charge is -2.07. The predicted octanol–water partition coefficient (Wildman–Crippen LogP) is 0.762. The minimum atomic E-state index is -2.15. The van der Waals surface area contributed by atoms with Gasteiger partial charge in [-0.15, -0.1) is 0 Å². The third-order valence-corrected chi connectivity index (χ3v) is 3.08. The molecule has 0 unspecified atom stereocenters. The molecule has 0 bridgehead atoms. The Balaban J connectivity index is 2.39. The summed E-state index contributed by atoms with van der Waals surface area (Å²) in [4.78, 5) is 8.46. The molecule has 0 amide bonds. The number of nitrogens with zero attached hydrogens (tertiary/aromatic N) is 2. The van der Waals surface area contributed by atoms with Crippen molar-refractivity contribution in [2.75, 3.05) is 5.73 Å². The first-order valence-corrected chi connectivity index (χ1v) is 6.08. The van der Waals surface area contributed by atoms with Crippen molar-refractivity contribution in [2.24, 2.45) is 0 Å². The van der Waals surface area contributed by atoms with Gasteiger partial charge in [0.1, 0.15) is 0 Å². The first kappa shape index (κ1) is 11.5. The first-order chi connectivity index (χ1) is 8.06. The Kier molecular flexibility index (Phi) is 3.06. The van der Waals surface area contributed by atoms with E-state index < -0.39 is 10.3 Å². The van der Waals surface area contributed by atoms with Gasteiger partial charge in [-0.3, -0.25) is 0 Å². The molecule has 0 saturated carbocycles. The number of hydrogen-bond acceptors (Lipinski definition) is 5. The summed E-state index contributed by atoms with van der Waals surface area (Å²) in [5.74, 6) is 0.219. The van der Waals surface area contributed by atoms with Gasteiger partial charge in [0.2, 0.25) is 16.2 Å². The number of rotatable bonds is 1. The number of hydrogen-bond donors (Lipinski definition) is 1. The molecule has 1 aliphatic carbocycles. The number of allylic oxidation sites excluding steroid dienone is 4. The van der Waals surface area contributed by atoms with Gasteiger partial charge in [0, 0.05) is 12.1 Å². The fraction of sp³-hybridized carbons (Fsp3) is 0.182. The average molecular weight is 249 g/mol. The van der Waals surface area contributed by atoms with E-state index in [1.807, 2.05) is 19.1 Å². The first-order valence-electron chi connectivity index (χ1n) is 5.01. The van der Waals surface area contributed by atoms with Crippen molar-refractivity contribution >= 4 is 26.7 Å². The van der Waals surface area contributed by atoms with E-state index in [2.05, 4.69) is 9.97 Å². The second-order valence-electron chi connectivity index (χ2n) is 3.65. The lowest BCUT2D eigenvalue weighted by atomic mass is 10.0. The Morgan fingerprint density at radius 3 is 2.59 bits per heavy atom. The van der Waals surface area contributed by atoms with E-state index in [4.69, 9.17) is 5.73 Å². The highest BCUT2D eigenvalue weighted by atomic mass is 32.2. The van der Waals surface area contributed by atoms with Gasteiger partial charge in [0.25, 0.3) is 0 Å². The molecule has 0 spiro atoms. The lowest BCUT2D eigenvalue weighted by Crippen LogP contribution is -2.03. The molecule has 1 aromatic heterocycles. The molecule has 0 radical (unpaired) electrons. The van der Waals surface area contributed by atoms with E-state index in [1.165, 1.54) is 0 Å². The van der Waals surface area contributed by atoms with Gasteiger partial charge < -0.3 is 5.73 Å². The molecule has 0 atom stereocenters. The maximum Gasteiger partial charge on any atom is 0.220 e. The average Bonchev–Trinajstić information content (AvgIpc) is 2.28. The summed E-state index contributed by atoms with van der Waals surface area (Å²) in [6.07, 6.45) is 5.49. The molecule has 88 valence electrons. The third kappa shape index (κ3) is 2.59. The van der Waals surface area contributed by atoms with Crippen molar-refractivity contribution in [3.63, 3.8) is 0 Å². The van der Waals surface area contributed by atoms with Crippen molar-refractivity contribution in [1.82, 2.24) is 9.97 Å². The molecule has 0 aromatic carbocycles. The van der Waals surface area contributed by atoms with Crippen molar-refractivity contribution in [3.05, 3.63) is 35.7 Å². The molecule has 5 nitrogen and oxygen atoms in total. The molecular formula is C11H11N3O2S. The van der Waals surface area contributed by atoms with Crippen molar-refractivity contribution < 1.29 is 8.42 Å². The Bertz CT molecular complexity index is 629. The fourth-order valence-corrected chi connectivity index (χ4v) is 1.98. The molecule has 6 heteroatoms. The quantitative estimate of drug-likeness (QED) is 0.743. The predicted molar refractivity (Wildman–Crippen MR) is 66.8 cm³/mol. The Hall–Kier alpha value is -1.95. The summed E-state index contributed by atoms with van der Waals surface area (Å²) >= 11 is 0. The van der Waals surface area contributed by atoms with Crippen LogP contribution in [0.2, 0.25) is 0 Å². The number of aromatic nitrogens is 2. The van der Waals surface area contributed by atoms with E-state index in [-0.39, 0.29) is 5.95 Å². The summed E-state index contributed by atoms with van der Waals surface area (Å²) in [5.41, 5.74) is 7.91. The van der Waals surface area contributed by atoms with Gasteiger partial charge in [-0.25, -0.2) is 9.97 Å². The SMILES string of the molecule is Cc1cc(C2=CCC(=S(=O)=O)C=C2)nc(N)n1. The summed E-state index contributed by atoms with van der Waals surface area (Å²) in [6.45, 7) is 1.83. The van der Waals surface area contributed by atoms with Crippen LogP contribution in [0, 0.1) is 6.92 Å². The maximum absolute atomic E-state index is 10.7. The fourth-order valence-electron chi connectivity index (χ4n) is 1.58.